The number of fused-ring (bicyclic) bond motifs is 1. The van der Waals surface area contributed by atoms with Crippen molar-refractivity contribution in [2.75, 3.05) is 24.5 Å². The number of nitrogens with zero attached hydrogens (tertiary/aromatic N) is 2. The van der Waals surface area contributed by atoms with E-state index < -0.39 is 11.7 Å². The first-order chi connectivity index (χ1) is 9.05. The van der Waals surface area contributed by atoms with Crippen molar-refractivity contribution in [2.45, 2.75) is 25.1 Å². The second-order valence-corrected chi connectivity index (χ2v) is 5.24. The van der Waals surface area contributed by atoms with Gasteiger partial charge in [0.2, 0.25) is 0 Å². The summed E-state index contributed by atoms with van der Waals surface area (Å²) in [6.45, 7) is 2.24. The van der Waals surface area contributed by atoms with Crippen LogP contribution in [0.1, 0.15) is 18.4 Å². The number of piperidine rings is 1. The molecule has 19 heavy (non-hydrogen) atoms. The van der Waals surface area contributed by atoms with Gasteiger partial charge in [0.1, 0.15) is 5.82 Å². The van der Waals surface area contributed by atoms with E-state index in [1.165, 1.54) is 12.3 Å². The first kappa shape index (κ1) is 12.7. The highest BCUT2D eigenvalue weighted by atomic mass is 19.4. The molecule has 0 radical (unpaired) electrons. The second-order valence-electron chi connectivity index (χ2n) is 5.24. The Morgan fingerprint density at radius 3 is 2.89 bits per heavy atom. The normalized spacial score (nSPS) is 27.4. The number of hydrogen-bond acceptors (Lipinski definition) is 3. The predicted molar refractivity (Wildman–Crippen MR) is 66.0 cm³/mol. The average molecular weight is 271 g/mol. The lowest BCUT2D eigenvalue weighted by molar-refractivity contribution is -0.137. The highest BCUT2D eigenvalue weighted by Crippen LogP contribution is 2.37. The highest BCUT2D eigenvalue weighted by Gasteiger charge is 2.40. The quantitative estimate of drug-likeness (QED) is 0.849. The maximum absolute atomic E-state index is 13.0. The Morgan fingerprint density at radius 2 is 2.16 bits per heavy atom. The molecule has 1 aromatic rings. The topological polar surface area (TPSA) is 28.2 Å². The molecule has 3 rings (SSSR count). The van der Waals surface area contributed by atoms with Crippen LogP contribution in [0.2, 0.25) is 0 Å². The lowest BCUT2D eigenvalue weighted by atomic mass is 9.94. The Bertz CT molecular complexity index is 447. The fourth-order valence-corrected chi connectivity index (χ4v) is 3.09. The standard InChI is InChI=1S/C13H16F3N3/c14-13(15,16)10-4-2-6-18-12(10)19-7-9-3-1-5-17-11(9)8-19/h2,4,6,9,11,17H,1,3,5,7-8H2. The highest BCUT2D eigenvalue weighted by molar-refractivity contribution is 5.49. The molecule has 1 N–H and O–H groups in total. The monoisotopic (exact) mass is 271 g/mol. The molecule has 2 fully saturated rings. The van der Waals surface area contributed by atoms with Crippen LogP contribution in [0.5, 0.6) is 0 Å². The van der Waals surface area contributed by atoms with Crippen LogP contribution >= 0.6 is 0 Å². The van der Waals surface area contributed by atoms with Crippen LogP contribution in [0, 0.1) is 5.92 Å². The first-order valence-corrected chi connectivity index (χ1v) is 6.56. The Balaban J connectivity index is 1.87. The van der Waals surface area contributed by atoms with Crippen molar-refractivity contribution in [2.24, 2.45) is 5.92 Å². The van der Waals surface area contributed by atoms with Crippen LogP contribution in [-0.2, 0) is 6.18 Å². The summed E-state index contributed by atoms with van der Waals surface area (Å²) < 4.78 is 39.0. The van der Waals surface area contributed by atoms with E-state index in [1.54, 1.807) is 4.90 Å². The van der Waals surface area contributed by atoms with Crippen LogP contribution < -0.4 is 10.2 Å². The van der Waals surface area contributed by atoms with E-state index in [2.05, 4.69) is 10.3 Å². The number of aromatic nitrogens is 1. The summed E-state index contributed by atoms with van der Waals surface area (Å²) in [5.41, 5.74) is -0.631. The number of alkyl halides is 3. The molecule has 0 saturated carbocycles. The Labute approximate surface area is 109 Å². The molecule has 2 aliphatic heterocycles. The van der Waals surface area contributed by atoms with Crippen LogP contribution in [0.15, 0.2) is 18.3 Å². The summed E-state index contributed by atoms with van der Waals surface area (Å²) in [6, 6.07) is 2.75. The zero-order valence-corrected chi connectivity index (χ0v) is 10.5. The van der Waals surface area contributed by atoms with Gasteiger partial charge in [0.25, 0.3) is 0 Å². The molecule has 3 nitrogen and oxygen atoms in total. The zero-order chi connectivity index (χ0) is 13.5. The molecule has 3 heterocycles. The molecule has 2 saturated heterocycles. The number of anilines is 1. The lowest BCUT2D eigenvalue weighted by Gasteiger charge is -2.24. The van der Waals surface area contributed by atoms with Crippen LogP contribution in [-0.4, -0.2) is 30.7 Å². The SMILES string of the molecule is FC(F)(F)c1cccnc1N1CC2CCCNC2C1. The predicted octanol–water partition coefficient (Wildman–Crippen LogP) is 2.29. The first-order valence-electron chi connectivity index (χ1n) is 6.56. The van der Waals surface area contributed by atoms with Gasteiger partial charge < -0.3 is 10.2 Å². The van der Waals surface area contributed by atoms with Gasteiger partial charge in [0.15, 0.2) is 0 Å². The smallest absolute Gasteiger partial charge is 0.354 e. The van der Waals surface area contributed by atoms with Gasteiger partial charge in [0.05, 0.1) is 5.56 Å². The third-order valence-corrected chi connectivity index (χ3v) is 3.99. The largest absolute Gasteiger partial charge is 0.419 e. The average Bonchev–Trinajstić information content (AvgIpc) is 2.81. The molecule has 2 unspecified atom stereocenters. The minimum Gasteiger partial charge on any atom is -0.354 e. The van der Waals surface area contributed by atoms with Gasteiger partial charge in [-0.2, -0.15) is 13.2 Å². The van der Waals surface area contributed by atoms with Crippen molar-refractivity contribution in [1.29, 1.82) is 0 Å². The van der Waals surface area contributed by atoms with Crippen molar-refractivity contribution in [3.8, 4) is 0 Å². The molecule has 104 valence electrons. The van der Waals surface area contributed by atoms with E-state index in [0.717, 1.165) is 25.5 Å². The summed E-state index contributed by atoms with van der Waals surface area (Å²) in [7, 11) is 0. The van der Waals surface area contributed by atoms with Crippen molar-refractivity contribution in [3.63, 3.8) is 0 Å². The molecule has 0 spiro atoms. The number of pyridine rings is 1. The molecule has 2 atom stereocenters. The van der Waals surface area contributed by atoms with Gasteiger partial charge in [-0.1, -0.05) is 0 Å². The van der Waals surface area contributed by atoms with Crippen LogP contribution in [0.4, 0.5) is 19.0 Å². The number of rotatable bonds is 1. The minimum atomic E-state index is -4.34. The van der Waals surface area contributed by atoms with Gasteiger partial charge in [-0.25, -0.2) is 4.98 Å². The number of nitrogens with one attached hydrogen (secondary N) is 1. The molecule has 6 heteroatoms. The maximum Gasteiger partial charge on any atom is 0.419 e. The molecule has 0 amide bonds. The maximum atomic E-state index is 13.0. The molecule has 0 bridgehead atoms. The summed E-state index contributed by atoms with van der Waals surface area (Å²) in [6.07, 6.45) is -0.726. The van der Waals surface area contributed by atoms with Gasteiger partial charge in [-0.05, 0) is 37.4 Å². The van der Waals surface area contributed by atoms with E-state index in [4.69, 9.17) is 0 Å². The van der Waals surface area contributed by atoms with Gasteiger partial charge in [-0.3, -0.25) is 0 Å². The summed E-state index contributed by atoms with van der Waals surface area (Å²) in [5.74, 6) is 0.517. The third-order valence-electron chi connectivity index (χ3n) is 3.99. The zero-order valence-electron chi connectivity index (χ0n) is 10.5. The fourth-order valence-electron chi connectivity index (χ4n) is 3.09. The Morgan fingerprint density at radius 1 is 1.32 bits per heavy atom. The lowest BCUT2D eigenvalue weighted by Crippen LogP contribution is -2.40. The second kappa shape index (κ2) is 4.67. The van der Waals surface area contributed by atoms with Crippen molar-refractivity contribution in [1.82, 2.24) is 10.3 Å². The van der Waals surface area contributed by atoms with Gasteiger partial charge >= 0.3 is 6.18 Å². The summed E-state index contributed by atoms with van der Waals surface area (Å²) in [5, 5.41) is 3.39. The third kappa shape index (κ3) is 2.41. The fraction of sp³-hybridized carbons (Fsp3) is 0.615. The number of hydrogen-bond donors (Lipinski definition) is 1. The van der Waals surface area contributed by atoms with E-state index in [9.17, 15) is 13.2 Å². The molecular formula is C13H16F3N3. The van der Waals surface area contributed by atoms with E-state index in [-0.39, 0.29) is 5.82 Å². The van der Waals surface area contributed by atoms with Crippen molar-refractivity contribution >= 4 is 5.82 Å². The Hall–Kier alpha value is -1.30. The van der Waals surface area contributed by atoms with Crippen molar-refractivity contribution < 1.29 is 13.2 Å². The molecule has 1 aromatic heterocycles. The molecule has 0 aromatic carbocycles. The summed E-state index contributed by atoms with van der Waals surface area (Å²) in [4.78, 5) is 5.74. The Kier molecular flexibility index (Phi) is 3.12. The van der Waals surface area contributed by atoms with E-state index in [1.807, 2.05) is 0 Å². The van der Waals surface area contributed by atoms with Crippen LogP contribution in [0.25, 0.3) is 0 Å². The van der Waals surface area contributed by atoms with Crippen LogP contribution in [0.3, 0.4) is 0 Å². The number of halogens is 3. The van der Waals surface area contributed by atoms with Crippen molar-refractivity contribution in [3.05, 3.63) is 23.9 Å². The molecular weight excluding hydrogens is 255 g/mol. The van der Waals surface area contributed by atoms with E-state index >= 15 is 0 Å². The van der Waals surface area contributed by atoms with Gasteiger partial charge in [-0.15, -0.1) is 0 Å². The van der Waals surface area contributed by atoms with Gasteiger partial charge in [0, 0.05) is 25.3 Å². The van der Waals surface area contributed by atoms with E-state index in [0.29, 0.717) is 25.0 Å². The molecule has 0 aliphatic carbocycles. The molecule has 2 aliphatic rings. The summed E-state index contributed by atoms with van der Waals surface area (Å²) >= 11 is 0. The minimum absolute atomic E-state index is 0.0752.